The molecule has 1 aliphatic heterocycles. The number of ether oxygens (including phenoxy) is 1. The van der Waals surface area contributed by atoms with E-state index in [4.69, 9.17) is 4.74 Å². The number of amides is 1. The van der Waals surface area contributed by atoms with E-state index in [0.717, 1.165) is 41.4 Å². The van der Waals surface area contributed by atoms with Crippen LogP contribution >= 0.6 is 0 Å². The lowest BCUT2D eigenvalue weighted by Gasteiger charge is -2.37. The van der Waals surface area contributed by atoms with Crippen molar-refractivity contribution < 1.29 is 9.53 Å². The van der Waals surface area contributed by atoms with Gasteiger partial charge in [-0.05, 0) is 63.3 Å². The largest absolute Gasteiger partial charge is 0.373 e. The van der Waals surface area contributed by atoms with E-state index in [0.29, 0.717) is 6.61 Å². The first-order valence-corrected chi connectivity index (χ1v) is 8.10. The predicted octanol–water partition coefficient (Wildman–Crippen LogP) is 3.23. The number of fused-ring (bicyclic) bond motifs is 1. The average molecular weight is 298 g/mol. The topological polar surface area (TPSA) is 54.1 Å². The van der Waals surface area contributed by atoms with Crippen molar-refractivity contribution in [2.24, 2.45) is 0 Å². The number of H-pyrrole nitrogens is 1. The Morgan fingerprint density at radius 3 is 2.86 bits per heavy atom. The third kappa shape index (κ3) is 2.13. The molecule has 2 N–H and O–H groups in total. The Morgan fingerprint density at radius 1 is 1.36 bits per heavy atom. The molecule has 1 aliphatic carbocycles. The van der Waals surface area contributed by atoms with Gasteiger partial charge in [-0.15, -0.1) is 0 Å². The molecule has 4 rings (SSSR count). The van der Waals surface area contributed by atoms with E-state index in [9.17, 15) is 4.79 Å². The highest BCUT2D eigenvalue weighted by Gasteiger charge is 2.45. The van der Waals surface area contributed by atoms with Gasteiger partial charge in [-0.2, -0.15) is 0 Å². The lowest BCUT2D eigenvalue weighted by Crippen LogP contribution is -2.39. The Bertz CT molecular complexity index is 743. The molecule has 1 saturated carbocycles. The summed E-state index contributed by atoms with van der Waals surface area (Å²) >= 11 is 0. The van der Waals surface area contributed by atoms with Crippen molar-refractivity contribution in [1.82, 2.24) is 10.3 Å². The molecule has 0 bridgehead atoms. The van der Waals surface area contributed by atoms with Gasteiger partial charge in [-0.1, -0.05) is 0 Å². The molecule has 1 spiro atoms. The summed E-state index contributed by atoms with van der Waals surface area (Å²) in [6, 6.07) is 6.01. The molecule has 2 fully saturated rings. The van der Waals surface area contributed by atoms with Gasteiger partial charge in [0.1, 0.15) is 0 Å². The monoisotopic (exact) mass is 298 g/mol. The number of hydrogen-bond donors (Lipinski definition) is 2. The van der Waals surface area contributed by atoms with E-state index >= 15 is 0 Å². The van der Waals surface area contributed by atoms with Crippen LogP contribution in [-0.2, 0) is 4.74 Å². The van der Waals surface area contributed by atoms with Crippen molar-refractivity contribution in [3.05, 3.63) is 35.0 Å². The Balaban J connectivity index is 1.51. The fourth-order valence-corrected chi connectivity index (χ4v) is 3.73. The number of aromatic nitrogens is 1. The third-order valence-corrected chi connectivity index (χ3v) is 5.38. The van der Waals surface area contributed by atoms with E-state index in [-0.39, 0.29) is 17.6 Å². The SMILES string of the molecule is Cc1[nH]c2ccc(C(=O)NC3COC4(CCC4)C3)cc2c1C. The summed E-state index contributed by atoms with van der Waals surface area (Å²) in [4.78, 5) is 15.8. The van der Waals surface area contributed by atoms with Crippen molar-refractivity contribution >= 4 is 16.8 Å². The van der Waals surface area contributed by atoms with Gasteiger partial charge < -0.3 is 15.0 Å². The van der Waals surface area contributed by atoms with Crippen LogP contribution in [0.15, 0.2) is 18.2 Å². The second kappa shape index (κ2) is 4.85. The maximum atomic E-state index is 12.5. The van der Waals surface area contributed by atoms with Gasteiger partial charge in [0.15, 0.2) is 0 Å². The molecule has 0 radical (unpaired) electrons. The van der Waals surface area contributed by atoms with Crippen molar-refractivity contribution in [3.8, 4) is 0 Å². The molecule has 1 unspecified atom stereocenters. The lowest BCUT2D eigenvalue weighted by molar-refractivity contribution is -0.0563. The second-order valence-corrected chi connectivity index (χ2v) is 6.86. The number of benzene rings is 1. The van der Waals surface area contributed by atoms with Gasteiger partial charge in [0.2, 0.25) is 0 Å². The number of carbonyl (C=O) groups is 1. The van der Waals surface area contributed by atoms with Crippen molar-refractivity contribution in [2.75, 3.05) is 6.61 Å². The molecular weight excluding hydrogens is 276 g/mol. The summed E-state index contributed by atoms with van der Waals surface area (Å²) in [5.74, 6) is 0.00475. The summed E-state index contributed by atoms with van der Waals surface area (Å²) < 4.78 is 5.90. The van der Waals surface area contributed by atoms with Crippen LogP contribution in [0.1, 0.15) is 47.3 Å². The summed E-state index contributed by atoms with van der Waals surface area (Å²) in [5.41, 5.74) is 4.26. The van der Waals surface area contributed by atoms with Crippen LogP contribution < -0.4 is 5.32 Å². The van der Waals surface area contributed by atoms with Crippen LogP contribution in [0.4, 0.5) is 0 Å². The van der Waals surface area contributed by atoms with E-state index in [2.05, 4.69) is 24.1 Å². The molecule has 1 atom stereocenters. The minimum atomic E-state index is 0.00475. The highest BCUT2D eigenvalue weighted by Crippen LogP contribution is 2.43. The number of aromatic amines is 1. The molecule has 1 amide bonds. The van der Waals surface area contributed by atoms with Gasteiger partial charge in [0, 0.05) is 22.2 Å². The number of carbonyl (C=O) groups excluding carboxylic acids is 1. The third-order valence-electron chi connectivity index (χ3n) is 5.38. The van der Waals surface area contributed by atoms with Crippen LogP contribution in [0.3, 0.4) is 0 Å². The first-order chi connectivity index (χ1) is 10.6. The van der Waals surface area contributed by atoms with Crippen LogP contribution in [-0.4, -0.2) is 29.1 Å². The van der Waals surface area contributed by atoms with Gasteiger partial charge in [-0.25, -0.2) is 0 Å². The highest BCUT2D eigenvalue weighted by atomic mass is 16.5. The summed E-state index contributed by atoms with van der Waals surface area (Å²) in [5, 5.41) is 4.26. The van der Waals surface area contributed by atoms with E-state index in [1.807, 2.05) is 18.2 Å². The Hall–Kier alpha value is -1.81. The number of rotatable bonds is 2. The second-order valence-electron chi connectivity index (χ2n) is 6.86. The molecule has 22 heavy (non-hydrogen) atoms. The maximum Gasteiger partial charge on any atom is 0.251 e. The summed E-state index contributed by atoms with van der Waals surface area (Å²) in [6.07, 6.45) is 4.51. The van der Waals surface area contributed by atoms with Gasteiger partial charge >= 0.3 is 0 Å². The summed E-state index contributed by atoms with van der Waals surface area (Å²) in [7, 11) is 0. The van der Waals surface area contributed by atoms with Gasteiger partial charge in [0.25, 0.3) is 5.91 Å². The molecule has 1 saturated heterocycles. The smallest absolute Gasteiger partial charge is 0.251 e. The Morgan fingerprint density at radius 2 is 2.18 bits per heavy atom. The zero-order valence-corrected chi connectivity index (χ0v) is 13.2. The fraction of sp³-hybridized carbons (Fsp3) is 0.500. The molecule has 116 valence electrons. The average Bonchev–Trinajstić information content (AvgIpc) is 3.01. The normalized spacial score (nSPS) is 22.9. The first-order valence-electron chi connectivity index (χ1n) is 8.10. The Kier molecular flexibility index (Phi) is 3.05. The van der Waals surface area contributed by atoms with Crippen LogP contribution in [0.2, 0.25) is 0 Å². The Labute approximate surface area is 130 Å². The summed E-state index contributed by atoms with van der Waals surface area (Å²) in [6.45, 7) is 4.79. The van der Waals surface area contributed by atoms with Gasteiger partial charge in [-0.3, -0.25) is 4.79 Å². The van der Waals surface area contributed by atoms with E-state index in [1.165, 1.54) is 12.0 Å². The molecule has 2 heterocycles. The molecule has 4 heteroatoms. The molecule has 4 nitrogen and oxygen atoms in total. The molecule has 2 aliphatic rings. The minimum Gasteiger partial charge on any atom is -0.373 e. The zero-order valence-electron chi connectivity index (χ0n) is 13.2. The number of aryl methyl sites for hydroxylation is 2. The molecule has 2 aromatic rings. The van der Waals surface area contributed by atoms with Crippen molar-refractivity contribution in [3.63, 3.8) is 0 Å². The first kappa shape index (κ1) is 13.8. The molecular formula is C18H22N2O2. The quantitative estimate of drug-likeness (QED) is 0.894. The zero-order chi connectivity index (χ0) is 15.3. The van der Waals surface area contributed by atoms with E-state index in [1.54, 1.807) is 0 Å². The molecule has 1 aromatic heterocycles. The predicted molar refractivity (Wildman–Crippen MR) is 86.2 cm³/mol. The van der Waals surface area contributed by atoms with Crippen molar-refractivity contribution in [2.45, 2.75) is 51.2 Å². The standard InChI is InChI=1S/C18H22N2O2/c1-11-12(2)19-16-5-4-13(8-15(11)16)17(21)20-14-9-18(22-10-14)6-3-7-18/h4-5,8,14,19H,3,6-7,9-10H2,1-2H3,(H,20,21). The van der Waals surface area contributed by atoms with Crippen LogP contribution in [0, 0.1) is 13.8 Å². The van der Waals surface area contributed by atoms with Crippen molar-refractivity contribution in [1.29, 1.82) is 0 Å². The highest BCUT2D eigenvalue weighted by molar-refractivity contribution is 5.99. The van der Waals surface area contributed by atoms with Crippen LogP contribution in [0.5, 0.6) is 0 Å². The minimum absolute atomic E-state index is 0.00475. The maximum absolute atomic E-state index is 12.5. The number of nitrogens with one attached hydrogen (secondary N) is 2. The number of hydrogen-bond acceptors (Lipinski definition) is 2. The fourth-order valence-electron chi connectivity index (χ4n) is 3.73. The van der Waals surface area contributed by atoms with E-state index < -0.39 is 0 Å². The molecule has 1 aromatic carbocycles. The van der Waals surface area contributed by atoms with Gasteiger partial charge in [0.05, 0.1) is 18.2 Å². The van der Waals surface area contributed by atoms with Crippen LogP contribution in [0.25, 0.3) is 10.9 Å². The lowest BCUT2D eigenvalue weighted by atomic mass is 9.77.